The second kappa shape index (κ2) is 4.52. The molecule has 0 aromatic heterocycles. The van der Waals surface area contributed by atoms with Crippen molar-refractivity contribution in [2.24, 2.45) is 17.1 Å². The lowest BCUT2D eigenvalue weighted by atomic mass is 9.73. The highest BCUT2D eigenvalue weighted by Crippen LogP contribution is 2.36. The Morgan fingerprint density at radius 1 is 1.27 bits per heavy atom. The zero-order chi connectivity index (χ0) is 10.7. The lowest BCUT2D eigenvalue weighted by molar-refractivity contribution is -0.132. The van der Waals surface area contributed by atoms with Crippen molar-refractivity contribution in [1.82, 2.24) is 5.32 Å². The maximum Gasteiger partial charge on any atom is 0.227 e. The first kappa shape index (κ1) is 10.9. The lowest BCUT2D eigenvalue weighted by Crippen LogP contribution is -2.47. The molecule has 15 heavy (non-hydrogen) atoms. The molecule has 0 aromatic carbocycles. The second-order valence-corrected chi connectivity index (χ2v) is 5.20. The summed E-state index contributed by atoms with van der Waals surface area (Å²) in [5.74, 6) is 0.976. The number of hydrogen-bond acceptors (Lipinski definition) is 2. The van der Waals surface area contributed by atoms with Gasteiger partial charge in [-0.15, -0.1) is 0 Å². The summed E-state index contributed by atoms with van der Waals surface area (Å²) in [5.41, 5.74) is 5.57. The van der Waals surface area contributed by atoms with Crippen molar-refractivity contribution in [2.75, 3.05) is 13.1 Å². The molecule has 1 amide bonds. The van der Waals surface area contributed by atoms with Crippen LogP contribution < -0.4 is 11.1 Å². The van der Waals surface area contributed by atoms with Crippen molar-refractivity contribution in [1.29, 1.82) is 0 Å². The molecule has 86 valence electrons. The van der Waals surface area contributed by atoms with Gasteiger partial charge in [-0.1, -0.05) is 19.3 Å². The smallest absolute Gasteiger partial charge is 0.227 e. The molecular weight excluding hydrogens is 188 g/mol. The number of nitrogens with two attached hydrogens (primary N) is 1. The van der Waals surface area contributed by atoms with Crippen LogP contribution in [0.5, 0.6) is 0 Å². The van der Waals surface area contributed by atoms with Crippen LogP contribution in [0.4, 0.5) is 0 Å². The molecule has 3 N–H and O–H groups in total. The fourth-order valence-electron chi connectivity index (χ4n) is 2.50. The molecule has 3 nitrogen and oxygen atoms in total. The van der Waals surface area contributed by atoms with Crippen molar-refractivity contribution < 1.29 is 4.79 Å². The highest BCUT2D eigenvalue weighted by molar-refractivity contribution is 5.83. The van der Waals surface area contributed by atoms with Gasteiger partial charge in [0.15, 0.2) is 0 Å². The number of nitrogens with one attached hydrogen (secondary N) is 1. The molecule has 0 saturated heterocycles. The zero-order valence-electron chi connectivity index (χ0n) is 9.43. The van der Waals surface area contributed by atoms with Crippen molar-refractivity contribution in [3.05, 3.63) is 0 Å². The summed E-state index contributed by atoms with van der Waals surface area (Å²) in [7, 11) is 0. The lowest BCUT2D eigenvalue weighted by Gasteiger charge is -2.34. The first-order valence-electron chi connectivity index (χ1n) is 6.25. The Balaban J connectivity index is 1.87. The Morgan fingerprint density at radius 3 is 2.47 bits per heavy atom. The highest BCUT2D eigenvalue weighted by atomic mass is 16.2. The number of carbonyl (C=O) groups is 1. The number of amides is 1. The van der Waals surface area contributed by atoms with E-state index in [0.717, 1.165) is 38.1 Å². The molecule has 0 unspecified atom stereocenters. The van der Waals surface area contributed by atoms with E-state index in [2.05, 4.69) is 5.32 Å². The zero-order valence-corrected chi connectivity index (χ0v) is 9.43. The monoisotopic (exact) mass is 210 g/mol. The van der Waals surface area contributed by atoms with Crippen molar-refractivity contribution in [3.63, 3.8) is 0 Å². The van der Waals surface area contributed by atoms with Crippen LogP contribution in [0.2, 0.25) is 0 Å². The molecule has 0 aliphatic heterocycles. The Morgan fingerprint density at radius 2 is 1.93 bits per heavy atom. The average molecular weight is 210 g/mol. The predicted octanol–water partition coefficient (Wildman–Crippen LogP) is 1.42. The maximum atomic E-state index is 12.1. The van der Waals surface area contributed by atoms with Gasteiger partial charge in [-0.05, 0) is 31.6 Å². The van der Waals surface area contributed by atoms with Crippen LogP contribution >= 0.6 is 0 Å². The van der Waals surface area contributed by atoms with Crippen LogP contribution in [0.3, 0.4) is 0 Å². The highest BCUT2D eigenvalue weighted by Gasteiger charge is 2.38. The summed E-state index contributed by atoms with van der Waals surface area (Å²) < 4.78 is 0. The average Bonchev–Trinajstić information content (AvgIpc) is 3.10. The topological polar surface area (TPSA) is 55.1 Å². The van der Waals surface area contributed by atoms with Crippen molar-refractivity contribution in [3.8, 4) is 0 Å². The van der Waals surface area contributed by atoms with E-state index in [4.69, 9.17) is 5.73 Å². The summed E-state index contributed by atoms with van der Waals surface area (Å²) in [6.45, 7) is 1.39. The van der Waals surface area contributed by atoms with E-state index in [9.17, 15) is 4.79 Å². The van der Waals surface area contributed by atoms with Crippen LogP contribution in [0, 0.1) is 11.3 Å². The third-order valence-corrected chi connectivity index (χ3v) is 3.93. The minimum atomic E-state index is -0.229. The molecule has 0 spiro atoms. The molecule has 2 aliphatic rings. The van der Waals surface area contributed by atoms with Gasteiger partial charge in [0.05, 0.1) is 5.41 Å². The normalized spacial score (nSPS) is 24.9. The van der Waals surface area contributed by atoms with Gasteiger partial charge in [0.1, 0.15) is 0 Å². The summed E-state index contributed by atoms with van der Waals surface area (Å²) in [5, 5.41) is 3.09. The molecule has 2 saturated carbocycles. The van der Waals surface area contributed by atoms with E-state index in [1.54, 1.807) is 0 Å². The minimum Gasteiger partial charge on any atom is -0.355 e. The van der Waals surface area contributed by atoms with Crippen LogP contribution in [0.1, 0.15) is 44.9 Å². The number of carbonyl (C=O) groups excluding carboxylic acids is 1. The minimum absolute atomic E-state index is 0.219. The van der Waals surface area contributed by atoms with E-state index in [1.807, 2.05) is 0 Å². The van der Waals surface area contributed by atoms with Gasteiger partial charge in [-0.2, -0.15) is 0 Å². The molecule has 2 fully saturated rings. The molecule has 0 aromatic rings. The Labute approximate surface area is 91.8 Å². The fourth-order valence-corrected chi connectivity index (χ4v) is 2.50. The summed E-state index contributed by atoms with van der Waals surface area (Å²) in [4.78, 5) is 12.1. The molecule has 3 heteroatoms. The van der Waals surface area contributed by atoms with Gasteiger partial charge in [-0.3, -0.25) is 4.79 Å². The van der Waals surface area contributed by atoms with E-state index < -0.39 is 0 Å². The Bertz CT molecular complexity index is 230. The van der Waals surface area contributed by atoms with Crippen LogP contribution in [-0.2, 0) is 4.79 Å². The second-order valence-electron chi connectivity index (χ2n) is 5.20. The van der Waals surface area contributed by atoms with Crippen LogP contribution in [0.15, 0.2) is 0 Å². The predicted molar refractivity (Wildman–Crippen MR) is 60.3 cm³/mol. The molecule has 0 atom stereocenters. The van der Waals surface area contributed by atoms with Gasteiger partial charge >= 0.3 is 0 Å². The molecular formula is C12H22N2O. The molecule has 0 heterocycles. The molecule has 0 bridgehead atoms. The first-order valence-corrected chi connectivity index (χ1v) is 6.25. The standard InChI is InChI=1S/C12H22N2O/c13-9-12(6-2-1-3-7-12)11(15)14-8-10-4-5-10/h10H,1-9,13H2,(H,14,15). The summed E-state index contributed by atoms with van der Waals surface area (Å²) >= 11 is 0. The van der Waals surface area contributed by atoms with E-state index in [-0.39, 0.29) is 11.3 Å². The van der Waals surface area contributed by atoms with E-state index in [0.29, 0.717) is 6.54 Å². The number of hydrogen-bond donors (Lipinski definition) is 2. The van der Waals surface area contributed by atoms with Gasteiger partial charge < -0.3 is 11.1 Å². The molecule has 2 rings (SSSR count). The van der Waals surface area contributed by atoms with Gasteiger partial charge in [0.25, 0.3) is 0 Å². The maximum absolute atomic E-state index is 12.1. The third-order valence-electron chi connectivity index (χ3n) is 3.93. The third kappa shape index (κ3) is 2.51. The molecule has 0 radical (unpaired) electrons. The van der Waals surface area contributed by atoms with Gasteiger partial charge in [0, 0.05) is 13.1 Å². The molecule has 2 aliphatic carbocycles. The Kier molecular flexibility index (Phi) is 3.29. The first-order chi connectivity index (χ1) is 7.27. The summed E-state index contributed by atoms with van der Waals surface area (Å²) in [6.07, 6.45) is 8.13. The van der Waals surface area contributed by atoms with E-state index >= 15 is 0 Å². The summed E-state index contributed by atoms with van der Waals surface area (Å²) in [6, 6.07) is 0. The number of rotatable bonds is 4. The van der Waals surface area contributed by atoms with Crippen molar-refractivity contribution in [2.45, 2.75) is 44.9 Å². The quantitative estimate of drug-likeness (QED) is 0.737. The van der Waals surface area contributed by atoms with Gasteiger partial charge in [-0.25, -0.2) is 0 Å². The van der Waals surface area contributed by atoms with Crippen LogP contribution in [0.25, 0.3) is 0 Å². The van der Waals surface area contributed by atoms with Crippen LogP contribution in [-0.4, -0.2) is 19.0 Å². The SMILES string of the molecule is NCC1(C(=O)NCC2CC2)CCCCC1. The van der Waals surface area contributed by atoms with Crippen molar-refractivity contribution >= 4 is 5.91 Å². The van der Waals surface area contributed by atoms with Gasteiger partial charge in [0.2, 0.25) is 5.91 Å². The fraction of sp³-hybridized carbons (Fsp3) is 0.917. The van der Waals surface area contributed by atoms with E-state index in [1.165, 1.54) is 19.3 Å². The Hall–Kier alpha value is -0.570. The largest absolute Gasteiger partial charge is 0.355 e.